The van der Waals surface area contributed by atoms with Crippen molar-refractivity contribution >= 4 is 41.1 Å². The SMILES string of the molecule is CC(C)CC(C(=O)NC(CCNCC(NC(=O)CC(C)(C)C)C(=O)O)C(=O)O)c1ccc(N=C(NC#N)Nc2ccccc2)cc1. The van der Waals surface area contributed by atoms with Crippen molar-refractivity contribution in [2.24, 2.45) is 16.3 Å². The van der Waals surface area contributed by atoms with Crippen LogP contribution in [0.2, 0.25) is 0 Å². The molecule has 0 aliphatic heterocycles. The van der Waals surface area contributed by atoms with E-state index in [0.717, 1.165) is 5.69 Å². The summed E-state index contributed by atoms with van der Waals surface area (Å²) in [5.74, 6) is -3.57. The molecule has 2 rings (SSSR count). The van der Waals surface area contributed by atoms with Gasteiger partial charge in [-0.05, 0) is 60.5 Å². The Bertz CT molecular complexity index is 1380. The van der Waals surface area contributed by atoms with Crippen LogP contribution in [0, 0.1) is 22.8 Å². The van der Waals surface area contributed by atoms with Crippen LogP contribution in [0.4, 0.5) is 11.4 Å². The van der Waals surface area contributed by atoms with E-state index in [-0.39, 0.29) is 43.2 Å². The first-order valence-corrected chi connectivity index (χ1v) is 15.1. The molecule has 0 radical (unpaired) electrons. The van der Waals surface area contributed by atoms with Crippen LogP contribution >= 0.6 is 0 Å². The van der Waals surface area contributed by atoms with E-state index in [9.17, 15) is 29.4 Å². The molecule has 2 amide bonds. The molecule has 3 atom stereocenters. The van der Waals surface area contributed by atoms with Gasteiger partial charge in [0.05, 0.1) is 11.6 Å². The summed E-state index contributed by atoms with van der Waals surface area (Å²) in [7, 11) is 0. The van der Waals surface area contributed by atoms with Gasteiger partial charge in [-0.1, -0.05) is 65.0 Å². The fourth-order valence-corrected chi connectivity index (χ4v) is 4.52. The van der Waals surface area contributed by atoms with Gasteiger partial charge in [0.15, 0.2) is 6.19 Å². The van der Waals surface area contributed by atoms with Gasteiger partial charge < -0.3 is 31.5 Å². The highest BCUT2D eigenvalue weighted by Crippen LogP contribution is 2.27. The zero-order valence-electron chi connectivity index (χ0n) is 27.0. The van der Waals surface area contributed by atoms with E-state index in [1.54, 1.807) is 24.3 Å². The number of aliphatic carboxylic acids is 2. The smallest absolute Gasteiger partial charge is 0.327 e. The highest BCUT2D eigenvalue weighted by molar-refractivity contribution is 5.96. The summed E-state index contributed by atoms with van der Waals surface area (Å²) in [4.78, 5) is 53.7. The highest BCUT2D eigenvalue weighted by atomic mass is 16.4. The lowest BCUT2D eigenvalue weighted by atomic mass is 9.89. The fourth-order valence-electron chi connectivity index (χ4n) is 4.52. The topological polar surface area (TPSA) is 205 Å². The average Bonchev–Trinajstić information content (AvgIpc) is 2.96. The van der Waals surface area contributed by atoms with Crippen molar-refractivity contribution in [2.45, 2.75) is 71.9 Å². The number of nitrogens with zero attached hydrogens (tertiary/aromatic N) is 2. The van der Waals surface area contributed by atoms with Gasteiger partial charge in [0, 0.05) is 18.7 Å². The predicted molar refractivity (Wildman–Crippen MR) is 175 cm³/mol. The number of carboxylic acids is 2. The minimum atomic E-state index is -1.22. The molecule has 2 aromatic carbocycles. The second-order valence-corrected chi connectivity index (χ2v) is 12.5. The molecule has 0 heterocycles. The van der Waals surface area contributed by atoms with Crippen LogP contribution in [0.1, 0.15) is 65.4 Å². The minimum absolute atomic E-state index is 0.00547. The van der Waals surface area contributed by atoms with Crippen molar-refractivity contribution in [3.63, 3.8) is 0 Å². The van der Waals surface area contributed by atoms with Crippen molar-refractivity contribution in [2.75, 3.05) is 18.4 Å². The monoisotopic (exact) mass is 635 g/mol. The number of carbonyl (C=O) groups is 4. The summed E-state index contributed by atoms with van der Waals surface area (Å²) >= 11 is 0. The van der Waals surface area contributed by atoms with E-state index in [1.165, 1.54) is 0 Å². The Morgan fingerprint density at radius 3 is 2.09 bits per heavy atom. The van der Waals surface area contributed by atoms with Gasteiger partial charge in [-0.3, -0.25) is 14.9 Å². The Kier molecular flexibility index (Phi) is 14.7. The van der Waals surface area contributed by atoms with E-state index < -0.39 is 41.8 Å². The van der Waals surface area contributed by atoms with Gasteiger partial charge in [0.25, 0.3) is 0 Å². The lowest BCUT2D eigenvalue weighted by Crippen LogP contribution is -2.49. The molecule has 0 aliphatic carbocycles. The largest absolute Gasteiger partial charge is 0.480 e. The molecule has 0 fully saturated rings. The van der Waals surface area contributed by atoms with Crippen molar-refractivity contribution in [3.05, 3.63) is 60.2 Å². The summed E-state index contributed by atoms with van der Waals surface area (Å²) in [6.07, 6.45) is 2.47. The van der Waals surface area contributed by atoms with Crippen molar-refractivity contribution in [1.29, 1.82) is 5.26 Å². The van der Waals surface area contributed by atoms with Crippen LogP contribution in [0.5, 0.6) is 0 Å². The average molecular weight is 636 g/mol. The number of anilines is 1. The first-order chi connectivity index (χ1) is 21.7. The number of hydrogen-bond acceptors (Lipinski definition) is 7. The minimum Gasteiger partial charge on any atom is -0.480 e. The summed E-state index contributed by atoms with van der Waals surface area (Å²) in [5, 5.41) is 42.0. The van der Waals surface area contributed by atoms with Crippen molar-refractivity contribution < 1.29 is 29.4 Å². The quantitative estimate of drug-likeness (QED) is 0.0470. The van der Waals surface area contributed by atoms with Crippen LogP contribution in [0.15, 0.2) is 59.6 Å². The molecule has 0 spiro atoms. The molecule has 0 bridgehead atoms. The zero-order valence-corrected chi connectivity index (χ0v) is 27.0. The van der Waals surface area contributed by atoms with E-state index in [1.807, 2.05) is 71.1 Å². The van der Waals surface area contributed by atoms with Crippen LogP contribution in [-0.2, 0) is 19.2 Å². The van der Waals surface area contributed by atoms with E-state index in [4.69, 9.17) is 5.26 Å². The van der Waals surface area contributed by atoms with Gasteiger partial charge in [-0.15, -0.1) is 0 Å². The van der Waals surface area contributed by atoms with Crippen LogP contribution in [0.3, 0.4) is 0 Å². The molecular weight excluding hydrogens is 590 g/mol. The molecule has 0 saturated carbocycles. The lowest BCUT2D eigenvalue weighted by molar-refractivity contribution is -0.142. The number of carbonyl (C=O) groups excluding carboxylic acids is 2. The third-order valence-corrected chi connectivity index (χ3v) is 6.67. The van der Waals surface area contributed by atoms with E-state index >= 15 is 0 Å². The highest BCUT2D eigenvalue weighted by Gasteiger charge is 2.28. The molecule has 248 valence electrons. The van der Waals surface area contributed by atoms with Crippen molar-refractivity contribution in [3.8, 4) is 6.19 Å². The van der Waals surface area contributed by atoms with Gasteiger partial charge in [0.2, 0.25) is 17.8 Å². The molecule has 7 N–H and O–H groups in total. The second kappa shape index (κ2) is 18.1. The van der Waals surface area contributed by atoms with E-state index in [2.05, 4.69) is 31.6 Å². The van der Waals surface area contributed by atoms with Crippen LogP contribution in [-0.4, -0.2) is 65.1 Å². The number of rotatable bonds is 16. The maximum atomic E-state index is 13.4. The Labute approximate surface area is 269 Å². The number of benzene rings is 2. The molecule has 13 nitrogen and oxygen atoms in total. The first kappa shape index (κ1) is 37.2. The third-order valence-electron chi connectivity index (χ3n) is 6.67. The molecule has 13 heteroatoms. The summed E-state index contributed by atoms with van der Waals surface area (Å²) in [6.45, 7) is 9.52. The molecule has 3 unspecified atom stereocenters. The standard InChI is InChI=1S/C33H45N7O6/c1-21(2)17-25(22-11-13-24(14-12-22)38-32(36-20-34)37-23-9-7-6-8-10-23)29(42)40-26(30(43)44)15-16-35-19-27(31(45)46)39-28(41)18-33(3,4)5/h6-14,21,25-27,35H,15-19H2,1-5H3,(H,39,41)(H,40,42)(H,43,44)(H,45,46)(H2,36,37,38). The van der Waals surface area contributed by atoms with Crippen molar-refractivity contribution in [1.82, 2.24) is 21.3 Å². The second-order valence-electron chi connectivity index (χ2n) is 12.5. The Morgan fingerprint density at radius 2 is 1.54 bits per heavy atom. The summed E-state index contributed by atoms with van der Waals surface area (Å²) in [5.41, 5.74) is 1.63. The van der Waals surface area contributed by atoms with Crippen LogP contribution in [0.25, 0.3) is 0 Å². The lowest BCUT2D eigenvalue weighted by Gasteiger charge is -2.23. The number of hydrogen-bond donors (Lipinski definition) is 7. The van der Waals surface area contributed by atoms with Gasteiger partial charge in [0.1, 0.15) is 12.1 Å². The molecule has 46 heavy (non-hydrogen) atoms. The van der Waals surface area contributed by atoms with E-state index in [0.29, 0.717) is 17.7 Å². The molecule has 0 saturated heterocycles. The van der Waals surface area contributed by atoms with Gasteiger partial charge in [-0.25, -0.2) is 14.6 Å². The normalized spacial score (nSPS) is 13.5. The van der Waals surface area contributed by atoms with Crippen LogP contribution < -0.4 is 26.6 Å². The Hall–Kier alpha value is -4.96. The van der Waals surface area contributed by atoms with Gasteiger partial charge >= 0.3 is 11.9 Å². The number of para-hydroxylation sites is 1. The zero-order chi connectivity index (χ0) is 34.3. The Morgan fingerprint density at radius 1 is 0.913 bits per heavy atom. The number of carboxylic acid groups (broad SMARTS) is 2. The molecular formula is C33H45N7O6. The molecule has 0 aromatic heterocycles. The third kappa shape index (κ3) is 13.8. The maximum Gasteiger partial charge on any atom is 0.327 e. The number of nitrogens with one attached hydrogen (secondary N) is 5. The number of aliphatic imine (C=N–C) groups is 1. The first-order valence-electron chi connectivity index (χ1n) is 15.1. The predicted octanol–water partition coefficient (Wildman–Crippen LogP) is 3.54. The fraction of sp³-hybridized carbons (Fsp3) is 0.455. The number of nitriles is 1. The number of amides is 2. The summed E-state index contributed by atoms with van der Waals surface area (Å²) < 4.78 is 0. The van der Waals surface area contributed by atoms with Gasteiger partial charge in [-0.2, -0.15) is 5.26 Å². The summed E-state index contributed by atoms with van der Waals surface area (Å²) in [6, 6.07) is 13.7. The molecule has 0 aliphatic rings. The maximum absolute atomic E-state index is 13.4. The number of guanidine groups is 1. The Balaban J connectivity index is 2.07. The molecule has 2 aromatic rings.